The number of amides is 1. The Kier molecular flexibility index (Phi) is 7.25. The van der Waals surface area contributed by atoms with E-state index >= 15 is 0 Å². The molecule has 0 aliphatic heterocycles. The lowest BCUT2D eigenvalue weighted by Crippen LogP contribution is -2.22. The highest BCUT2D eigenvalue weighted by molar-refractivity contribution is 6.30. The summed E-state index contributed by atoms with van der Waals surface area (Å²) < 4.78 is 10.5. The molecule has 8 heteroatoms. The molecular formula is C26H23ClN4O3. The molecule has 0 saturated carbocycles. The Hall–Kier alpha value is -4.10. The third kappa shape index (κ3) is 5.63. The fraction of sp³-hybridized carbons (Fsp3) is 0.115. The van der Waals surface area contributed by atoms with E-state index in [9.17, 15) is 4.79 Å². The van der Waals surface area contributed by atoms with Crippen LogP contribution in [0, 0.1) is 0 Å². The highest BCUT2D eigenvalue weighted by atomic mass is 35.5. The van der Waals surface area contributed by atoms with Crippen molar-refractivity contribution in [2.24, 2.45) is 0 Å². The number of nitrogens with one attached hydrogen (secondary N) is 2. The number of anilines is 2. The number of ether oxygens (including phenoxy) is 2. The smallest absolute Gasteiger partial charge is 0.251 e. The van der Waals surface area contributed by atoms with Crippen molar-refractivity contribution in [2.75, 3.05) is 19.5 Å². The number of benzene rings is 3. The van der Waals surface area contributed by atoms with E-state index in [1.807, 2.05) is 60.7 Å². The summed E-state index contributed by atoms with van der Waals surface area (Å²) >= 11 is 5.96. The van der Waals surface area contributed by atoms with Crippen LogP contribution in [0.4, 0.5) is 11.6 Å². The molecule has 7 nitrogen and oxygen atoms in total. The zero-order valence-corrected chi connectivity index (χ0v) is 19.5. The van der Waals surface area contributed by atoms with Gasteiger partial charge in [-0.15, -0.1) is 0 Å². The molecule has 1 amide bonds. The fourth-order valence-electron chi connectivity index (χ4n) is 3.31. The van der Waals surface area contributed by atoms with Crippen LogP contribution in [0.2, 0.25) is 5.02 Å². The van der Waals surface area contributed by atoms with Crippen molar-refractivity contribution < 1.29 is 14.3 Å². The number of rotatable bonds is 8. The van der Waals surface area contributed by atoms with Crippen LogP contribution in [0.3, 0.4) is 0 Å². The summed E-state index contributed by atoms with van der Waals surface area (Å²) in [6.45, 7) is 0.366. The number of methoxy groups -OCH3 is 2. The number of carbonyl (C=O) groups excluding carboxylic acids is 1. The van der Waals surface area contributed by atoms with Crippen LogP contribution in [0.15, 0.2) is 79.0 Å². The van der Waals surface area contributed by atoms with Crippen LogP contribution < -0.4 is 20.1 Å². The lowest BCUT2D eigenvalue weighted by Gasteiger charge is -2.11. The van der Waals surface area contributed by atoms with Crippen molar-refractivity contribution in [1.29, 1.82) is 0 Å². The quantitative estimate of drug-likeness (QED) is 0.351. The molecule has 34 heavy (non-hydrogen) atoms. The SMILES string of the molecule is COc1ccc(CNC(=O)c2ccc(Nc3nccc(-c4ccc(Cl)cc4)n3)cc2)cc1OC. The molecule has 0 fully saturated rings. The van der Waals surface area contributed by atoms with Gasteiger partial charge in [0, 0.05) is 34.6 Å². The van der Waals surface area contributed by atoms with Gasteiger partial charge >= 0.3 is 0 Å². The molecule has 0 bridgehead atoms. The molecule has 1 heterocycles. The van der Waals surface area contributed by atoms with Gasteiger partial charge in [0.05, 0.1) is 19.9 Å². The van der Waals surface area contributed by atoms with E-state index in [0.717, 1.165) is 22.5 Å². The number of hydrogen-bond acceptors (Lipinski definition) is 6. The lowest BCUT2D eigenvalue weighted by atomic mass is 10.1. The summed E-state index contributed by atoms with van der Waals surface area (Å²) in [5.41, 5.74) is 3.94. The van der Waals surface area contributed by atoms with E-state index < -0.39 is 0 Å². The van der Waals surface area contributed by atoms with E-state index in [1.165, 1.54) is 0 Å². The molecule has 3 aromatic carbocycles. The molecule has 0 saturated heterocycles. The Labute approximate surface area is 202 Å². The molecule has 172 valence electrons. The first-order chi connectivity index (χ1) is 16.6. The van der Waals surface area contributed by atoms with Gasteiger partial charge in [0.25, 0.3) is 5.91 Å². The molecule has 0 spiro atoms. The highest BCUT2D eigenvalue weighted by Gasteiger charge is 2.09. The Bertz CT molecular complexity index is 1280. The first-order valence-corrected chi connectivity index (χ1v) is 10.9. The largest absolute Gasteiger partial charge is 0.493 e. The first-order valence-electron chi connectivity index (χ1n) is 10.5. The maximum absolute atomic E-state index is 12.6. The van der Waals surface area contributed by atoms with Crippen molar-refractivity contribution in [3.63, 3.8) is 0 Å². The third-order valence-corrected chi connectivity index (χ3v) is 5.35. The van der Waals surface area contributed by atoms with Crippen molar-refractivity contribution in [3.8, 4) is 22.8 Å². The zero-order chi connectivity index (χ0) is 23.9. The molecule has 0 radical (unpaired) electrons. The monoisotopic (exact) mass is 474 g/mol. The maximum Gasteiger partial charge on any atom is 0.251 e. The number of aromatic nitrogens is 2. The molecule has 0 atom stereocenters. The Morgan fingerprint density at radius 1 is 0.912 bits per heavy atom. The second kappa shape index (κ2) is 10.7. The zero-order valence-electron chi connectivity index (χ0n) is 18.7. The van der Waals surface area contributed by atoms with Gasteiger partial charge in [-0.05, 0) is 60.2 Å². The van der Waals surface area contributed by atoms with Crippen LogP contribution in [0.25, 0.3) is 11.3 Å². The summed E-state index contributed by atoms with van der Waals surface area (Å²) in [6.07, 6.45) is 1.69. The van der Waals surface area contributed by atoms with Crippen LogP contribution in [-0.2, 0) is 6.54 Å². The molecule has 0 unspecified atom stereocenters. The minimum Gasteiger partial charge on any atom is -0.493 e. The summed E-state index contributed by atoms with van der Waals surface area (Å²) in [5, 5.41) is 6.75. The van der Waals surface area contributed by atoms with E-state index in [1.54, 1.807) is 32.5 Å². The van der Waals surface area contributed by atoms with Gasteiger partial charge < -0.3 is 20.1 Å². The van der Waals surface area contributed by atoms with E-state index in [2.05, 4.69) is 20.6 Å². The molecule has 4 rings (SSSR count). The van der Waals surface area contributed by atoms with Crippen molar-refractivity contribution >= 4 is 29.1 Å². The molecule has 4 aromatic rings. The van der Waals surface area contributed by atoms with Gasteiger partial charge in [0.2, 0.25) is 5.95 Å². The Balaban J connectivity index is 1.38. The minimum absolute atomic E-state index is 0.178. The molecular weight excluding hydrogens is 452 g/mol. The van der Waals surface area contributed by atoms with Gasteiger partial charge in [-0.1, -0.05) is 29.8 Å². The average Bonchev–Trinajstić information content (AvgIpc) is 2.88. The maximum atomic E-state index is 12.6. The second-order valence-corrected chi connectivity index (χ2v) is 7.78. The van der Waals surface area contributed by atoms with Crippen molar-refractivity contribution in [2.45, 2.75) is 6.54 Å². The van der Waals surface area contributed by atoms with E-state index in [4.69, 9.17) is 21.1 Å². The minimum atomic E-state index is -0.178. The van der Waals surface area contributed by atoms with Crippen LogP contribution in [0.5, 0.6) is 11.5 Å². The first kappa shape index (κ1) is 23.1. The standard InChI is InChI=1S/C26H23ClN4O3/c1-33-23-12-3-17(15-24(23)34-2)16-29-25(32)19-6-10-21(11-7-19)30-26-28-14-13-22(31-26)18-4-8-20(27)9-5-18/h3-15H,16H2,1-2H3,(H,29,32)(H,28,30,31). The van der Waals surface area contributed by atoms with Crippen LogP contribution in [0.1, 0.15) is 15.9 Å². The summed E-state index contributed by atoms with van der Waals surface area (Å²) in [7, 11) is 3.16. The predicted octanol–water partition coefficient (Wildman–Crippen LogP) is 5.49. The molecule has 0 aliphatic carbocycles. The average molecular weight is 475 g/mol. The lowest BCUT2D eigenvalue weighted by molar-refractivity contribution is 0.0951. The van der Waals surface area contributed by atoms with Gasteiger partial charge in [-0.2, -0.15) is 0 Å². The number of carbonyl (C=O) groups is 1. The topological polar surface area (TPSA) is 85.4 Å². The molecule has 0 aliphatic rings. The summed E-state index contributed by atoms with van der Waals surface area (Å²) in [5.74, 6) is 1.54. The molecule has 1 aromatic heterocycles. The third-order valence-electron chi connectivity index (χ3n) is 5.10. The van der Waals surface area contributed by atoms with E-state index in [0.29, 0.717) is 34.6 Å². The normalized spacial score (nSPS) is 10.4. The number of nitrogens with zero attached hydrogens (tertiary/aromatic N) is 2. The predicted molar refractivity (Wildman–Crippen MR) is 133 cm³/mol. The van der Waals surface area contributed by atoms with Gasteiger partial charge in [-0.25, -0.2) is 9.97 Å². The Morgan fingerprint density at radius 2 is 1.65 bits per heavy atom. The second-order valence-electron chi connectivity index (χ2n) is 7.35. The highest BCUT2D eigenvalue weighted by Crippen LogP contribution is 2.27. The Morgan fingerprint density at radius 3 is 2.35 bits per heavy atom. The number of halogens is 1. The van der Waals surface area contributed by atoms with Gasteiger partial charge in [-0.3, -0.25) is 4.79 Å². The van der Waals surface area contributed by atoms with Gasteiger partial charge in [0.15, 0.2) is 11.5 Å². The van der Waals surface area contributed by atoms with Crippen molar-refractivity contribution in [1.82, 2.24) is 15.3 Å². The fourth-order valence-corrected chi connectivity index (χ4v) is 3.44. The summed E-state index contributed by atoms with van der Waals surface area (Å²) in [4.78, 5) is 21.4. The number of hydrogen-bond donors (Lipinski definition) is 2. The van der Waals surface area contributed by atoms with Crippen LogP contribution >= 0.6 is 11.6 Å². The van der Waals surface area contributed by atoms with Gasteiger partial charge in [0.1, 0.15) is 0 Å². The summed E-state index contributed by atoms with van der Waals surface area (Å²) in [6, 6.07) is 21.9. The van der Waals surface area contributed by atoms with Crippen molar-refractivity contribution in [3.05, 3.63) is 95.1 Å². The van der Waals surface area contributed by atoms with E-state index in [-0.39, 0.29) is 5.91 Å². The van der Waals surface area contributed by atoms with Crippen LogP contribution in [-0.4, -0.2) is 30.1 Å². The molecule has 2 N–H and O–H groups in total.